The average molecular weight is 418 g/mol. The van der Waals surface area contributed by atoms with Crippen molar-refractivity contribution in [3.63, 3.8) is 0 Å². The molecule has 1 aliphatic heterocycles. The molecular weight excluding hydrogens is 393 g/mol. The topological polar surface area (TPSA) is 49.9 Å². The number of hydrogen-bond donors (Lipinski definition) is 2. The zero-order valence-corrected chi connectivity index (χ0v) is 17.3. The van der Waals surface area contributed by atoms with Gasteiger partial charge in [-0.2, -0.15) is 0 Å². The van der Waals surface area contributed by atoms with Gasteiger partial charge in [-0.25, -0.2) is 4.98 Å². The van der Waals surface area contributed by atoms with Crippen LogP contribution in [0.4, 0.5) is 0 Å². The fraction of sp³-hybridized carbons (Fsp3) is 0.409. The van der Waals surface area contributed by atoms with Crippen molar-refractivity contribution in [1.29, 1.82) is 0 Å². The molecule has 4 rings (SSSR count). The van der Waals surface area contributed by atoms with Crippen LogP contribution in [0.5, 0.6) is 5.75 Å². The Bertz CT molecular complexity index is 917. The van der Waals surface area contributed by atoms with Crippen LogP contribution in [0.1, 0.15) is 37.1 Å². The molecule has 2 N–H and O–H groups in total. The predicted octanol–water partition coefficient (Wildman–Crippen LogP) is 5.77. The second-order valence-electron chi connectivity index (χ2n) is 7.45. The van der Waals surface area contributed by atoms with Gasteiger partial charge in [0.15, 0.2) is 0 Å². The summed E-state index contributed by atoms with van der Waals surface area (Å²) in [5.41, 5.74) is 3.11. The molecule has 4 nitrogen and oxygen atoms in total. The zero-order valence-electron chi connectivity index (χ0n) is 15.8. The zero-order chi connectivity index (χ0) is 19.3. The first-order chi connectivity index (χ1) is 13.7. The van der Waals surface area contributed by atoms with Crippen LogP contribution in [0.3, 0.4) is 0 Å². The second-order valence-corrected chi connectivity index (χ2v) is 8.30. The van der Waals surface area contributed by atoms with E-state index in [1.807, 2.05) is 36.4 Å². The summed E-state index contributed by atoms with van der Waals surface area (Å²) in [4.78, 5) is 8.12. The molecule has 6 heteroatoms. The number of ether oxygens (including phenoxy) is 1. The summed E-state index contributed by atoms with van der Waals surface area (Å²) in [5, 5.41) is 4.98. The minimum absolute atomic E-state index is 0.376. The number of halogens is 2. The third-order valence-electron chi connectivity index (χ3n) is 5.38. The van der Waals surface area contributed by atoms with Gasteiger partial charge in [-0.1, -0.05) is 23.2 Å². The average Bonchev–Trinajstić information content (AvgIpc) is 3.13. The molecule has 1 fully saturated rings. The monoisotopic (exact) mass is 417 g/mol. The highest BCUT2D eigenvalue weighted by atomic mass is 35.5. The summed E-state index contributed by atoms with van der Waals surface area (Å²) in [6.45, 7) is 2.68. The third-order valence-corrected chi connectivity index (χ3v) is 5.98. The van der Waals surface area contributed by atoms with Crippen LogP contribution in [-0.4, -0.2) is 23.1 Å². The Labute approximate surface area is 175 Å². The summed E-state index contributed by atoms with van der Waals surface area (Å²) in [6.07, 6.45) is 5.94. The molecule has 1 unspecified atom stereocenters. The molecule has 1 atom stereocenters. The van der Waals surface area contributed by atoms with E-state index in [1.54, 1.807) is 0 Å². The quantitative estimate of drug-likeness (QED) is 0.512. The Kier molecular flexibility index (Phi) is 6.40. The number of piperidine rings is 1. The van der Waals surface area contributed by atoms with Gasteiger partial charge >= 0.3 is 0 Å². The van der Waals surface area contributed by atoms with Crippen LogP contribution in [0.2, 0.25) is 10.0 Å². The van der Waals surface area contributed by atoms with Crippen molar-refractivity contribution in [2.45, 2.75) is 38.7 Å². The Balaban J connectivity index is 1.42. The predicted molar refractivity (Wildman–Crippen MR) is 115 cm³/mol. The summed E-state index contributed by atoms with van der Waals surface area (Å²) in [5.74, 6) is 2.35. The van der Waals surface area contributed by atoms with Gasteiger partial charge in [-0.05, 0) is 93.1 Å². The van der Waals surface area contributed by atoms with Gasteiger partial charge in [-0.15, -0.1) is 0 Å². The fourth-order valence-electron chi connectivity index (χ4n) is 3.89. The number of fused-ring (bicyclic) bond motifs is 1. The molecule has 2 heterocycles. The van der Waals surface area contributed by atoms with Gasteiger partial charge in [0.25, 0.3) is 0 Å². The van der Waals surface area contributed by atoms with E-state index in [-0.39, 0.29) is 0 Å². The maximum Gasteiger partial charge on any atom is 0.146 e. The number of aryl methyl sites for hydroxylation is 1. The number of imidazole rings is 1. The van der Waals surface area contributed by atoms with Crippen molar-refractivity contribution in [2.75, 3.05) is 13.1 Å². The molecule has 2 aromatic carbocycles. The van der Waals surface area contributed by atoms with E-state index in [0.29, 0.717) is 11.6 Å². The van der Waals surface area contributed by atoms with Crippen molar-refractivity contribution in [3.05, 3.63) is 57.8 Å². The Hall–Kier alpha value is -1.75. The van der Waals surface area contributed by atoms with Gasteiger partial charge in [0, 0.05) is 10.0 Å². The van der Waals surface area contributed by atoms with E-state index in [0.717, 1.165) is 65.0 Å². The molecule has 3 aromatic rings. The van der Waals surface area contributed by atoms with Gasteiger partial charge in [-0.3, -0.25) is 0 Å². The molecular formula is C22H25Cl2N3O. The van der Waals surface area contributed by atoms with Crippen LogP contribution < -0.4 is 10.1 Å². The van der Waals surface area contributed by atoms with E-state index in [1.165, 1.54) is 19.3 Å². The second kappa shape index (κ2) is 9.17. The van der Waals surface area contributed by atoms with Crippen LogP contribution in [0.25, 0.3) is 11.0 Å². The standard InChI is InChI=1S/C22H25Cl2N3O/c23-16-6-8-17(9-7-16)28-14-21-26-20-11-10-19(24)18(22(20)27-21)5-1-3-15-4-2-12-25-13-15/h6-11,15,25H,1-5,12-14H2,(H,26,27). The molecule has 0 saturated carbocycles. The molecule has 0 radical (unpaired) electrons. The van der Waals surface area contributed by atoms with E-state index < -0.39 is 0 Å². The molecule has 148 valence electrons. The maximum absolute atomic E-state index is 6.51. The van der Waals surface area contributed by atoms with Crippen molar-refractivity contribution < 1.29 is 4.74 Å². The van der Waals surface area contributed by atoms with Crippen LogP contribution in [0.15, 0.2) is 36.4 Å². The van der Waals surface area contributed by atoms with E-state index in [9.17, 15) is 0 Å². The smallest absolute Gasteiger partial charge is 0.146 e. The number of benzene rings is 2. The first kappa shape index (κ1) is 19.6. The molecule has 0 amide bonds. The lowest BCUT2D eigenvalue weighted by Gasteiger charge is -2.22. The van der Waals surface area contributed by atoms with Gasteiger partial charge in [0.05, 0.1) is 11.0 Å². The molecule has 0 aliphatic carbocycles. The lowest BCUT2D eigenvalue weighted by Crippen LogP contribution is -2.29. The maximum atomic E-state index is 6.51. The highest BCUT2D eigenvalue weighted by Crippen LogP contribution is 2.28. The van der Waals surface area contributed by atoms with Crippen molar-refractivity contribution >= 4 is 34.2 Å². The van der Waals surface area contributed by atoms with Crippen molar-refractivity contribution in [3.8, 4) is 5.75 Å². The number of nitrogens with zero attached hydrogens (tertiary/aromatic N) is 1. The van der Waals surface area contributed by atoms with Gasteiger partial charge in [0.2, 0.25) is 0 Å². The summed E-state index contributed by atoms with van der Waals surface area (Å²) in [7, 11) is 0. The molecule has 0 bridgehead atoms. The number of H-pyrrole nitrogens is 1. The number of hydrogen-bond acceptors (Lipinski definition) is 3. The minimum Gasteiger partial charge on any atom is -0.486 e. The first-order valence-corrected chi connectivity index (χ1v) is 10.7. The van der Waals surface area contributed by atoms with Crippen LogP contribution >= 0.6 is 23.2 Å². The van der Waals surface area contributed by atoms with E-state index in [2.05, 4.69) is 10.3 Å². The summed E-state index contributed by atoms with van der Waals surface area (Å²) in [6, 6.07) is 11.3. The molecule has 0 spiro atoms. The number of aromatic amines is 1. The molecule has 1 aromatic heterocycles. The highest BCUT2D eigenvalue weighted by Gasteiger charge is 2.15. The summed E-state index contributed by atoms with van der Waals surface area (Å²) >= 11 is 12.4. The molecule has 1 saturated heterocycles. The van der Waals surface area contributed by atoms with E-state index in [4.69, 9.17) is 32.9 Å². The lowest BCUT2D eigenvalue weighted by atomic mass is 9.93. The Morgan fingerprint density at radius 2 is 1.96 bits per heavy atom. The number of aromatic nitrogens is 2. The van der Waals surface area contributed by atoms with Gasteiger partial charge < -0.3 is 15.0 Å². The Morgan fingerprint density at radius 3 is 2.75 bits per heavy atom. The number of rotatable bonds is 7. The summed E-state index contributed by atoms with van der Waals surface area (Å²) < 4.78 is 5.81. The Morgan fingerprint density at radius 1 is 1.11 bits per heavy atom. The normalized spacial score (nSPS) is 17.1. The molecule has 1 aliphatic rings. The SMILES string of the molecule is Clc1ccc(OCc2nc3c(CCCC4CCCNC4)c(Cl)ccc3[nH]2)cc1. The fourth-order valence-corrected chi connectivity index (χ4v) is 4.26. The molecule has 28 heavy (non-hydrogen) atoms. The van der Waals surface area contributed by atoms with Crippen molar-refractivity contribution in [2.24, 2.45) is 5.92 Å². The van der Waals surface area contributed by atoms with Crippen LogP contribution in [0, 0.1) is 5.92 Å². The van der Waals surface area contributed by atoms with Crippen LogP contribution in [-0.2, 0) is 13.0 Å². The minimum atomic E-state index is 0.376. The van der Waals surface area contributed by atoms with Crippen molar-refractivity contribution in [1.82, 2.24) is 15.3 Å². The van der Waals surface area contributed by atoms with E-state index >= 15 is 0 Å². The van der Waals surface area contributed by atoms with Gasteiger partial charge in [0.1, 0.15) is 18.2 Å². The number of nitrogens with one attached hydrogen (secondary N) is 2. The highest BCUT2D eigenvalue weighted by molar-refractivity contribution is 6.32. The largest absolute Gasteiger partial charge is 0.486 e. The third kappa shape index (κ3) is 4.80. The first-order valence-electron chi connectivity index (χ1n) is 9.94. The lowest BCUT2D eigenvalue weighted by molar-refractivity contribution is 0.297.